The molecule has 0 radical (unpaired) electrons. The van der Waals surface area contributed by atoms with Crippen LogP contribution in [0.4, 0.5) is 18.9 Å². The highest BCUT2D eigenvalue weighted by Gasteiger charge is 2.55. The van der Waals surface area contributed by atoms with Gasteiger partial charge in [-0.3, -0.25) is 14.5 Å². The van der Waals surface area contributed by atoms with Gasteiger partial charge in [-0.2, -0.15) is 13.2 Å². The fourth-order valence-corrected chi connectivity index (χ4v) is 4.87. The Kier molecular flexibility index (Phi) is 3.83. The van der Waals surface area contributed by atoms with E-state index in [2.05, 4.69) is 15.9 Å². The summed E-state index contributed by atoms with van der Waals surface area (Å²) in [7, 11) is 0. The third kappa shape index (κ3) is 2.55. The maximum absolute atomic E-state index is 13.2. The van der Waals surface area contributed by atoms with Crippen LogP contribution in [0.5, 0.6) is 0 Å². The molecule has 1 heterocycles. The molecule has 0 aromatic heterocycles. The van der Waals surface area contributed by atoms with Crippen LogP contribution in [0.3, 0.4) is 0 Å². The zero-order valence-electron chi connectivity index (χ0n) is 13.1. The number of allylic oxidation sites excluding steroid dienone is 2. The van der Waals surface area contributed by atoms with Gasteiger partial charge < -0.3 is 0 Å². The first-order valence-corrected chi connectivity index (χ1v) is 9.01. The van der Waals surface area contributed by atoms with Crippen molar-refractivity contribution >= 4 is 33.4 Å². The minimum Gasteiger partial charge on any atom is -0.274 e. The second-order valence-electron chi connectivity index (χ2n) is 6.87. The lowest BCUT2D eigenvalue weighted by atomic mass is 9.73. The lowest BCUT2D eigenvalue weighted by molar-refractivity contribution is -0.138. The number of alkyl halides is 3. The van der Waals surface area contributed by atoms with Gasteiger partial charge in [0.25, 0.3) is 0 Å². The Morgan fingerprint density at radius 1 is 1.00 bits per heavy atom. The summed E-state index contributed by atoms with van der Waals surface area (Å²) >= 11 is 2.89. The molecule has 132 valence electrons. The first-order chi connectivity index (χ1) is 11.8. The number of imide groups is 1. The van der Waals surface area contributed by atoms with Gasteiger partial charge in [0.15, 0.2) is 0 Å². The number of hydrogen-bond acceptors (Lipinski definition) is 2. The van der Waals surface area contributed by atoms with E-state index in [1.165, 1.54) is 12.1 Å². The lowest BCUT2D eigenvalue weighted by Gasteiger charge is -2.27. The monoisotopic (exact) mass is 413 g/mol. The summed E-state index contributed by atoms with van der Waals surface area (Å²) in [5, 5.41) is 0. The van der Waals surface area contributed by atoms with Crippen molar-refractivity contribution in [2.45, 2.75) is 25.4 Å². The highest BCUT2D eigenvalue weighted by molar-refractivity contribution is 9.10. The van der Waals surface area contributed by atoms with E-state index in [1.807, 2.05) is 12.2 Å². The number of nitrogens with zero attached hydrogens (tertiary/aromatic N) is 1. The quantitative estimate of drug-likeness (QED) is 0.499. The summed E-state index contributed by atoms with van der Waals surface area (Å²) in [6.45, 7) is 0. The number of anilines is 1. The molecule has 2 amide bonds. The van der Waals surface area contributed by atoms with Gasteiger partial charge in [-0.25, -0.2) is 0 Å². The standard InChI is InChI=1S/C18H15BrF3NO2/c19-13-7-6-11(8-12(13)18(20,21)22)23-16(24)14-9-2-1-3-10(5-4-9)15(14)17(23)25/h4-10,14-15H,1-3H2/t9-,10+,14+,15-. The molecular formula is C18H15BrF3NO2. The number of benzene rings is 1. The van der Waals surface area contributed by atoms with E-state index in [9.17, 15) is 22.8 Å². The molecule has 0 N–H and O–H groups in total. The molecule has 4 atom stereocenters. The van der Waals surface area contributed by atoms with Gasteiger partial charge in [-0.15, -0.1) is 0 Å². The Morgan fingerprint density at radius 2 is 1.56 bits per heavy atom. The molecule has 7 heteroatoms. The van der Waals surface area contributed by atoms with Gasteiger partial charge in [-0.05, 0) is 42.9 Å². The normalized spacial score (nSPS) is 31.4. The molecular weight excluding hydrogens is 399 g/mol. The van der Waals surface area contributed by atoms with Crippen molar-refractivity contribution in [3.63, 3.8) is 0 Å². The molecule has 5 rings (SSSR count). The van der Waals surface area contributed by atoms with E-state index in [1.54, 1.807) is 0 Å². The molecule has 2 fully saturated rings. The molecule has 0 spiro atoms. The zero-order valence-corrected chi connectivity index (χ0v) is 14.7. The maximum atomic E-state index is 13.2. The molecule has 1 aliphatic heterocycles. The van der Waals surface area contributed by atoms with Crippen molar-refractivity contribution in [2.24, 2.45) is 23.7 Å². The molecule has 1 saturated heterocycles. The molecule has 1 saturated carbocycles. The van der Waals surface area contributed by atoms with Gasteiger partial charge >= 0.3 is 6.18 Å². The van der Waals surface area contributed by atoms with Crippen LogP contribution in [-0.4, -0.2) is 11.8 Å². The fourth-order valence-electron chi connectivity index (χ4n) is 4.40. The average Bonchev–Trinajstić information content (AvgIpc) is 2.76. The van der Waals surface area contributed by atoms with Crippen molar-refractivity contribution < 1.29 is 22.8 Å². The van der Waals surface area contributed by atoms with Gasteiger partial charge in [-0.1, -0.05) is 34.5 Å². The van der Waals surface area contributed by atoms with Gasteiger partial charge in [0.05, 0.1) is 23.1 Å². The second kappa shape index (κ2) is 5.69. The Balaban J connectivity index is 1.76. The van der Waals surface area contributed by atoms with E-state index < -0.39 is 23.6 Å². The second-order valence-corrected chi connectivity index (χ2v) is 7.72. The number of rotatable bonds is 1. The topological polar surface area (TPSA) is 37.4 Å². The summed E-state index contributed by atoms with van der Waals surface area (Å²) in [6, 6.07) is 3.50. The zero-order chi connectivity index (χ0) is 17.9. The lowest BCUT2D eigenvalue weighted by Crippen LogP contribution is -2.32. The van der Waals surface area contributed by atoms with E-state index in [0.29, 0.717) is 0 Å². The van der Waals surface area contributed by atoms with Crippen LogP contribution in [0.1, 0.15) is 24.8 Å². The van der Waals surface area contributed by atoms with Gasteiger partial charge in [0.2, 0.25) is 11.8 Å². The molecule has 1 aromatic carbocycles. The summed E-state index contributed by atoms with van der Waals surface area (Å²) in [4.78, 5) is 26.8. The number of halogens is 4. The SMILES string of the molecule is O=C1[C@@H]2[C@H](C(=O)N1c1ccc(Br)c(C(F)(F)F)c1)[C@@H]1C=C[C@H]2CCC1. The average molecular weight is 414 g/mol. The molecule has 25 heavy (non-hydrogen) atoms. The maximum Gasteiger partial charge on any atom is 0.417 e. The molecule has 3 nitrogen and oxygen atoms in total. The number of amides is 2. The van der Waals surface area contributed by atoms with Crippen LogP contribution in [0.2, 0.25) is 0 Å². The number of carbonyl (C=O) groups is 2. The molecule has 2 bridgehead atoms. The van der Waals surface area contributed by atoms with E-state index in [4.69, 9.17) is 0 Å². The van der Waals surface area contributed by atoms with Crippen LogP contribution < -0.4 is 4.90 Å². The summed E-state index contributed by atoms with van der Waals surface area (Å²) in [5.74, 6) is -1.62. The third-order valence-electron chi connectivity index (χ3n) is 5.51. The summed E-state index contributed by atoms with van der Waals surface area (Å²) in [6.07, 6.45) is 2.11. The van der Waals surface area contributed by atoms with Crippen molar-refractivity contribution in [3.05, 3.63) is 40.4 Å². The van der Waals surface area contributed by atoms with Crippen molar-refractivity contribution in [3.8, 4) is 0 Å². The van der Waals surface area contributed by atoms with E-state index in [-0.39, 0.29) is 33.8 Å². The van der Waals surface area contributed by atoms with Crippen LogP contribution in [0.25, 0.3) is 0 Å². The predicted molar refractivity (Wildman–Crippen MR) is 88.6 cm³/mol. The number of hydrogen-bond donors (Lipinski definition) is 0. The molecule has 1 aromatic rings. The number of carbonyl (C=O) groups excluding carboxylic acids is 2. The smallest absolute Gasteiger partial charge is 0.274 e. The van der Waals surface area contributed by atoms with Crippen LogP contribution >= 0.6 is 15.9 Å². The predicted octanol–water partition coefficient (Wildman–Crippen LogP) is 4.56. The van der Waals surface area contributed by atoms with Gasteiger partial charge in [0, 0.05) is 4.47 Å². The van der Waals surface area contributed by atoms with Crippen LogP contribution in [0, 0.1) is 23.7 Å². The van der Waals surface area contributed by atoms with Crippen LogP contribution in [0.15, 0.2) is 34.8 Å². The Morgan fingerprint density at radius 3 is 2.08 bits per heavy atom. The largest absolute Gasteiger partial charge is 0.417 e. The number of fused-ring (bicyclic) bond motifs is 2. The minimum atomic E-state index is -4.56. The molecule has 3 aliphatic carbocycles. The van der Waals surface area contributed by atoms with Gasteiger partial charge in [0.1, 0.15) is 0 Å². The van der Waals surface area contributed by atoms with Crippen molar-refractivity contribution in [2.75, 3.05) is 4.90 Å². The summed E-state index contributed by atoms with van der Waals surface area (Å²) < 4.78 is 39.4. The van der Waals surface area contributed by atoms with Crippen LogP contribution in [-0.2, 0) is 15.8 Å². The third-order valence-corrected chi connectivity index (χ3v) is 6.21. The fraction of sp³-hybridized carbons (Fsp3) is 0.444. The highest BCUT2D eigenvalue weighted by Crippen LogP contribution is 2.49. The Labute approximate surface area is 151 Å². The molecule has 4 aliphatic rings. The first-order valence-electron chi connectivity index (χ1n) is 8.22. The van der Waals surface area contributed by atoms with E-state index in [0.717, 1.165) is 30.2 Å². The molecule has 0 unspecified atom stereocenters. The highest BCUT2D eigenvalue weighted by atomic mass is 79.9. The first kappa shape index (κ1) is 16.8. The Bertz CT molecular complexity index is 757. The van der Waals surface area contributed by atoms with E-state index >= 15 is 0 Å². The van der Waals surface area contributed by atoms with Crippen molar-refractivity contribution in [1.29, 1.82) is 0 Å². The van der Waals surface area contributed by atoms with Crippen molar-refractivity contribution in [1.82, 2.24) is 0 Å². The minimum absolute atomic E-state index is 0.00185. The Hall–Kier alpha value is -1.63. The summed E-state index contributed by atoms with van der Waals surface area (Å²) in [5.41, 5.74) is -0.892.